The smallest absolute Gasteiger partial charge is 0.204 e. The van der Waals surface area contributed by atoms with Crippen molar-refractivity contribution in [2.24, 2.45) is 5.73 Å². The Morgan fingerprint density at radius 1 is 1.43 bits per heavy atom. The van der Waals surface area contributed by atoms with Gasteiger partial charge in [-0.05, 0) is 0 Å². The monoisotopic (exact) mass is 197 g/mol. The number of carbonyl (C=O) groups is 1. The lowest BCUT2D eigenvalue weighted by Gasteiger charge is -1.77. The minimum atomic E-state index is 0.250. The van der Waals surface area contributed by atoms with Gasteiger partial charge in [0.05, 0.1) is 12.5 Å². The van der Waals surface area contributed by atoms with Gasteiger partial charge in [0.15, 0.2) is 0 Å². The van der Waals surface area contributed by atoms with E-state index in [-0.39, 0.29) is 6.41 Å². The van der Waals surface area contributed by atoms with Gasteiger partial charge in [0.2, 0.25) is 6.41 Å². The summed E-state index contributed by atoms with van der Waals surface area (Å²) in [4.78, 5) is 18.5. The average Bonchev–Trinajstić information content (AvgIpc) is 2.78. The standard InChI is InChI=1S/C3H4N2O.C3H4N2.CH3NO/c6-5-2-1-4-3-5;1-2-5-3-4-1;2-1-3/h1-3,6H;1-3H,(H,4,5);1H,(H2,2,3). The van der Waals surface area contributed by atoms with Crippen LogP contribution in [0.15, 0.2) is 37.4 Å². The number of rotatable bonds is 0. The maximum atomic E-state index is 8.58. The first-order valence-corrected chi connectivity index (χ1v) is 3.56. The molecule has 0 atom stereocenters. The number of aromatic nitrogens is 4. The molecule has 0 saturated heterocycles. The number of aromatic amines is 1. The summed E-state index contributed by atoms with van der Waals surface area (Å²) in [6, 6.07) is 0. The number of nitrogens with two attached hydrogens (primary N) is 1. The van der Waals surface area contributed by atoms with E-state index in [0.717, 1.165) is 4.73 Å². The molecular formula is C7H11N5O2. The molecule has 0 aromatic carbocycles. The summed E-state index contributed by atoms with van der Waals surface area (Å²) in [5.74, 6) is 0. The molecule has 0 fully saturated rings. The van der Waals surface area contributed by atoms with Crippen LogP contribution in [0.2, 0.25) is 0 Å². The Bertz CT molecular complexity index is 275. The van der Waals surface area contributed by atoms with Crippen molar-refractivity contribution in [3.05, 3.63) is 37.4 Å². The second-order valence-corrected chi connectivity index (χ2v) is 1.84. The summed E-state index contributed by atoms with van der Waals surface area (Å²) in [7, 11) is 0. The van der Waals surface area contributed by atoms with Crippen molar-refractivity contribution in [3.63, 3.8) is 0 Å². The summed E-state index contributed by atoms with van der Waals surface area (Å²) < 4.78 is 0.889. The number of imidazole rings is 2. The van der Waals surface area contributed by atoms with E-state index in [9.17, 15) is 0 Å². The molecule has 2 rings (SSSR count). The van der Waals surface area contributed by atoms with E-state index < -0.39 is 0 Å². The number of nitrogens with zero attached hydrogens (tertiary/aromatic N) is 3. The van der Waals surface area contributed by atoms with Crippen molar-refractivity contribution >= 4 is 6.41 Å². The molecule has 0 aliphatic rings. The van der Waals surface area contributed by atoms with Crippen molar-refractivity contribution in [1.29, 1.82) is 0 Å². The second kappa shape index (κ2) is 8.78. The third-order valence-corrected chi connectivity index (χ3v) is 0.896. The third kappa shape index (κ3) is 7.79. The molecule has 0 saturated carbocycles. The molecule has 0 aliphatic carbocycles. The van der Waals surface area contributed by atoms with Gasteiger partial charge in [0.25, 0.3) is 0 Å². The van der Waals surface area contributed by atoms with Crippen LogP contribution in [-0.4, -0.2) is 31.3 Å². The van der Waals surface area contributed by atoms with E-state index in [1.54, 1.807) is 18.7 Å². The number of nitrogens with one attached hydrogen (secondary N) is 1. The number of hydrogen-bond acceptors (Lipinski definition) is 4. The van der Waals surface area contributed by atoms with Gasteiger partial charge in [0, 0.05) is 18.6 Å². The van der Waals surface area contributed by atoms with Gasteiger partial charge in [-0.15, -0.1) is 0 Å². The SMILES string of the molecule is NC=O.On1ccnc1.c1c[nH]cn1. The van der Waals surface area contributed by atoms with E-state index in [1.165, 1.54) is 18.7 Å². The lowest BCUT2D eigenvalue weighted by atomic mass is 11.0. The zero-order chi connectivity index (χ0) is 10.6. The minimum Gasteiger partial charge on any atom is -0.427 e. The van der Waals surface area contributed by atoms with Crippen molar-refractivity contribution in [3.8, 4) is 0 Å². The molecule has 0 unspecified atom stereocenters. The number of amides is 1. The number of hydrogen-bond donors (Lipinski definition) is 3. The summed E-state index contributed by atoms with van der Waals surface area (Å²) in [6.07, 6.45) is 9.58. The third-order valence-electron chi connectivity index (χ3n) is 0.896. The van der Waals surface area contributed by atoms with Gasteiger partial charge in [-0.3, -0.25) is 4.79 Å². The zero-order valence-electron chi connectivity index (χ0n) is 7.32. The molecule has 0 bridgehead atoms. The molecule has 2 heterocycles. The van der Waals surface area contributed by atoms with Gasteiger partial charge in [0.1, 0.15) is 6.33 Å². The lowest BCUT2D eigenvalue weighted by molar-refractivity contribution is -0.106. The highest BCUT2D eigenvalue weighted by Gasteiger charge is 1.71. The van der Waals surface area contributed by atoms with Crippen molar-refractivity contribution in [2.45, 2.75) is 0 Å². The summed E-state index contributed by atoms with van der Waals surface area (Å²) in [6.45, 7) is 0. The topological polar surface area (TPSA) is 110 Å². The van der Waals surface area contributed by atoms with E-state index in [1.807, 2.05) is 0 Å². The predicted octanol–water partition coefficient (Wildman–Crippen LogP) is -0.368. The van der Waals surface area contributed by atoms with Crippen LogP contribution in [0.3, 0.4) is 0 Å². The van der Waals surface area contributed by atoms with Crippen LogP contribution in [0.4, 0.5) is 0 Å². The first-order chi connectivity index (χ1) is 6.81. The zero-order valence-corrected chi connectivity index (χ0v) is 7.32. The highest BCUT2D eigenvalue weighted by molar-refractivity contribution is 5.42. The van der Waals surface area contributed by atoms with Crippen LogP contribution in [0, 0.1) is 0 Å². The van der Waals surface area contributed by atoms with Crippen LogP contribution in [-0.2, 0) is 4.79 Å². The van der Waals surface area contributed by atoms with Crippen LogP contribution < -0.4 is 5.73 Å². The van der Waals surface area contributed by atoms with Crippen molar-refractivity contribution < 1.29 is 10.0 Å². The Labute approximate surface area is 80.2 Å². The van der Waals surface area contributed by atoms with Gasteiger partial charge in [-0.25, -0.2) is 9.97 Å². The molecule has 7 heteroatoms. The highest BCUT2D eigenvalue weighted by atomic mass is 16.5. The van der Waals surface area contributed by atoms with Crippen LogP contribution >= 0.6 is 0 Å². The molecule has 1 amide bonds. The maximum Gasteiger partial charge on any atom is 0.204 e. The Morgan fingerprint density at radius 3 is 2.29 bits per heavy atom. The Morgan fingerprint density at radius 2 is 2.14 bits per heavy atom. The fraction of sp³-hybridized carbons (Fsp3) is 0. The molecule has 2 aromatic rings. The van der Waals surface area contributed by atoms with E-state index in [4.69, 9.17) is 10.0 Å². The Balaban J connectivity index is 0.000000193. The molecule has 0 aliphatic heterocycles. The van der Waals surface area contributed by atoms with Gasteiger partial charge >= 0.3 is 0 Å². The molecule has 14 heavy (non-hydrogen) atoms. The summed E-state index contributed by atoms with van der Waals surface area (Å²) in [5, 5.41) is 8.33. The molecule has 0 spiro atoms. The Kier molecular flexibility index (Phi) is 7.33. The molecular weight excluding hydrogens is 186 g/mol. The van der Waals surface area contributed by atoms with Crippen LogP contribution in [0.25, 0.3) is 0 Å². The molecule has 4 N–H and O–H groups in total. The van der Waals surface area contributed by atoms with E-state index >= 15 is 0 Å². The van der Waals surface area contributed by atoms with Crippen molar-refractivity contribution in [2.75, 3.05) is 0 Å². The van der Waals surface area contributed by atoms with Crippen LogP contribution in [0.1, 0.15) is 0 Å². The lowest BCUT2D eigenvalue weighted by Crippen LogP contribution is -1.82. The highest BCUT2D eigenvalue weighted by Crippen LogP contribution is 1.72. The fourth-order valence-corrected chi connectivity index (χ4v) is 0.467. The largest absolute Gasteiger partial charge is 0.427 e. The van der Waals surface area contributed by atoms with Gasteiger partial charge in [-0.2, -0.15) is 4.73 Å². The second-order valence-electron chi connectivity index (χ2n) is 1.84. The van der Waals surface area contributed by atoms with Crippen molar-refractivity contribution in [1.82, 2.24) is 19.7 Å². The normalized spacial score (nSPS) is 7.43. The number of H-pyrrole nitrogens is 1. The summed E-state index contributed by atoms with van der Waals surface area (Å²) >= 11 is 0. The average molecular weight is 197 g/mol. The van der Waals surface area contributed by atoms with E-state index in [0.29, 0.717) is 0 Å². The first kappa shape index (κ1) is 11.7. The number of carbonyl (C=O) groups excluding carboxylic acids is 1. The van der Waals surface area contributed by atoms with Crippen LogP contribution in [0.5, 0.6) is 0 Å². The fourth-order valence-electron chi connectivity index (χ4n) is 0.467. The number of primary amides is 1. The van der Waals surface area contributed by atoms with Gasteiger partial charge in [-0.1, -0.05) is 0 Å². The van der Waals surface area contributed by atoms with Gasteiger partial charge < -0.3 is 15.9 Å². The first-order valence-electron chi connectivity index (χ1n) is 3.56. The molecule has 76 valence electrons. The predicted molar refractivity (Wildman–Crippen MR) is 48.3 cm³/mol. The Hall–Kier alpha value is -2.31. The minimum absolute atomic E-state index is 0.250. The molecule has 0 radical (unpaired) electrons. The molecule has 2 aromatic heterocycles. The molecule has 7 nitrogen and oxygen atoms in total. The van der Waals surface area contributed by atoms with E-state index in [2.05, 4.69) is 20.7 Å². The quantitative estimate of drug-likeness (QED) is 0.395. The summed E-state index contributed by atoms with van der Waals surface area (Å²) in [5.41, 5.74) is 4.17. The maximum absolute atomic E-state index is 8.58.